The number of sulfonamides is 1. The maximum Gasteiger partial charge on any atom is 0.416 e. The molecule has 0 aliphatic heterocycles. The smallest absolute Gasteiger partial charge is 0.379 e. The Morgan fingerprint density at radius 2 is 1.62 bits per heavy atom. The number of anilines is 2. The molecule has 4 rings (SSSR count). The van der Waals surface area contributed by atoms with Crippen LogP contribution in [0.15, 0.2) is 53.8 Å². The number of alkyl halides is 6. The van der Waals surface area contributed by atoms with Crippen molar-refractivity contribution in [3.8, 4) is 0 Å². The van der Waals surface area contributed by atoms with E-state index in [2.05, 4.69) is 20.0 Å². The number of likely N-dealkylation sites (N-methyl/N-ethyl adjacent to an activating group) is 1. The van der Waals surface area contributed by atoms with Gasteiger partial charge in [0.1, 0.15) is 22.9 Å². The predicted molar refractivity (Wildman–Crippen MR) is 142 cm³/mol. The molecular weight excluding hydrogens is 615 g/mol. The monoisotopic (exact) mass is 639 g/mol. The minimum absolute atomic E-state index is 0.0720. The quantitative estimate of drug-likeness (QED) is 0.277. The summed E-state index contributed by atoms with van der Waals surface area (Å²) in [4.78, 5) is 8.44. The van der Waals surface area contributed by atoms with E-state index < -0.39 is 62.2 Å². The summed E-state index contributed by atoms with van der Waals surface area (Å²) in [5.41, 5.74) is -2.75. The van der Waals surface area contributed by atoms with Gasteiger partial charge in [0.15, 0.2) is 0 Å². The van der Waals surface area contributed by atoms with Crippen LogP contribution in [-0.2, 0) is 22.4 Å². The molecule has 0 saturated heterocycles. The largest absolute Gasteiger partial charge is 0.416 e. The Hall–Kier alpha value is -3.17. The normalized spacial score (nSPS) is 20.0. The van der Waals surface area contributed by atoms with E-state index in [0.717, 1.165) is 30.6 Å². The molecule has 16 heteroatoms. The van der Waals surface area contributed by atoms with Gasteiger partial charge in [-0.1, -0.05) is 11.6 Å². The van der Waals surface area contributed by atoms with Crippen LogP contribution in [0.5, 0.6) is 0 Å². The second-order valence-electron chi connectivity index (χ2n) is 10.1. The second kappa shape index (κ2) is 11.8. The topological polar surface area (TPSA) is 87.2 Å². The van der Waals surface area contributed by atoms with Gasteiger partial charge in [-0.2, -0.15) is 26.3 Å². The molecule has 0 spiro atoms. The van der Waals surface area contributed by atoms with Crippen LogP contribution < -0.4 is 10.0 Å². The molecule has 1 fully saturated rings. The van der Waals surface area contributed by atoms with E-state index in [1.54, 1.807) is 19.0 Å². The molecular formula is C26H25ClF7N5O2S. The summed E-state index contributed by atoms with van der Waals surface area (Å²) in [7, 11) is -1.00. The van der Waals surface area contributed by atoms with E-state index in [1.807, 2.05) is 0 Å². The summed E-state index contributed by atoms with van der Waals surface area (Å²) in [5, 5.41) is 2.96. The van der Waals surface area contributed by atoms with E-state index in [1.165, 1.54) is 12.3 Å². The Morgan fingerprint density at radius 1 is 0.976 bits per heavy atom. The highest BCUT2D eigenvalue weighted by Gasteiger charge is 2.39. The Morgan fingerprint density at radius 3 is 2.17 bits per heavy atom. The van der Waals surface area contributed by atoms with Crippen molar-refractivity contribution in [2.75, 3.05) is 24.1 Å². The SMILES string of the molecule is CN(C)[C@H]1C[C@@H](c2cc(C(F)(F)F)cc(C(F)(F)F)c2)CC[C@@H]1Nc1cc(F)c(S(=O)(=O)Nc2ccncn2)cc1Cl. The zero-order valence-corrected chi connectivity index (χ0v) is 23.6. The van der Waals surface area contributed by atoms with Gasteiger partial charge in [0.05, 0.1) is 21.8 Å². The summed E-state index contributed by atoms with van der Waals surface area (Å²) >= 11 is 6.33. The molecule has 3 aromatic rings. The third-order valence-electron chi connectivity index (χ3n) is 7.03. The van der Waals surface area contributed by atoms with Crippen molar-refractivity contribution in [3.05, 3.63) is 76.5 Å². The van der Waals surface area contributed by atoms with Crippen molar-refractivity contribution in [3.63, 3.8) is 0 Å². The molecule has 1 aliphatic rings. The van der Waals surface area contributed by atoms with E-state index in [-0.39, 0.29) is 41.0 Å². The van der Waals surface area contributed by atoms with Crippen molar-refractivity contribution < 1.29 is 39.2 Å². The average Bonchev–Trinajstić information content (AvgIpc) is 2.89. The first-order chi connectivity index (χ1) is 19.5. The molecule has 7 nitrogen and oxygen atoms in total. The molecule has 1 heterocycles. The Kier molecular flexibility index (Phi) is 8.95. The van der Waals surface area contributed by atoms with Gasteiger partial charge in [0.25, 0.3) is 10.0 Å². The lowest BCUT2D eigenvalue weighted by Gasteiger charge is -2.41. The zero-order valence-electron chi connectivity index (χ0n) is 22.1. The Balaban J connectivity index is 1.57. The maximum absolute atomic E-state index is 15.0. The van der Waals surface area contributed by atoms with Crippen LogP contribution >= 0.6 is 11.6 Å². The van der Waals surface area contributed by atoms with Crippen LogP contribution in [-0.4, -0.2) is 49.5 Å². The van der Waals surface area contributed by atoms with Gasteiger partial charge in [-0.05, 0) is 81.2 Å². The Labute approximate surface area is 242 Å². The summed E-state index contributed by atoms with van der Waals surface area (Å²) in [5.74, 6) is -1.81. The van der Waals surface area contributed by atoms with Crippen LogP contribution in [0.2, 0.25) is 5.02 Å². The van der Waals surface area contributed by atoms with E-state index >= 15 is 4.39 Å². The first kappa shape index (κ1) is 31.8. The number of benzene rings is 2. The summed E-state index contributed by atoms with van der Waals surface area (Å²) in [6, 6.07) is 3.87. The van der Waals surface area contributed by atoms with Gasteiger partial charge in [-0.25, -0.2) is 22.8 Å². The summed E-state index contributed by atoms with van der Waals surface area (Å²) < 4.78 is 123. The minimum Gasteiger partial charge on any atom is -0.379 e. The number of nitrogens with zero attached hydrogens (tertiary/aromatic N) is 3. The highest BCUT2D eigenvalue weighted by atomic mass is 35.5. The van der Waals surface area contributed by atoms with Crippen LogP contribution in [0.3, 0.4) is 0 Å². The molecule has 0 radical (unpaired) electrons. The number of hydrogen-bond donors (Lipinski definition) is 2. The fourth-order valence-corrected chi connectivity index (χ4v) is 6.37. The van der Waals surface area contributed by atoms with E-state index in [9.17, 15) is 34.8 Å². The van der Waals surface area contributed by atoms with Gasteiger partial charge >= 0.3 is 12.4 Å². The highest BCUT2D eigenvalue weighted by Crippen LogP contribution is 2.42. The van der Waals surface area contributed by atoms with Crippen LogP contribution in [0.1, 0.15) is 41.9 Å². The molecule has 228 valence electrons. The molecule has 2 N–H and O–H groups in total. The summed E-state index contributed by atoms with van der Waals surface area (Å²) in [6.07, 6.45) is -6.81. The maximum atomic E-state index is 15.0. The number of rotatable bonds is 7. The number of hydrogen-bond acceptors (Lipinski definition) is 6. The molecule has 0 amide bonds. The summed E-state index contributed by atoms with van der Waals surface area (Å²) in [6.45, 7) is 0. The molecule has 1 aromatic heterocycles. The van der Waals surface area contributed by atoms with Crippen LogP contribution in [0.25, 0.3) is 0 Å². The fraction of sp³-hybridized carbons (Fsp3) is 0.385. The van der Waals surface area contributed by atoms with Crippen molar-refractivity contribution in [2.45, 2.75) is 54.5 Å². The van der Waals surface area contributed by atoms with E-state index in [0.29, 0.717) is 6.42 Å². The van der Waals surface area contributed by atoms with Gasteiger partial charge in [-0.3, -0.25) is 4.72 Å². The standard InChI is InChI=1S/C26H25ClF7N5O2S/c1-39(2)22-9-14(15-7-16(25(29,30)31)10-17(8-15)26(32,33)34)3-4-20(22)37-21-12-19(28)23(11-18(21)27)42(40,41)38-24-5-6-35-13-36-24/h5-8,10-14,20,22,37H,3-4,9H2,1-2H3,(H,35,36,38)/t14-,20-,22-/m0/s1. The third-order valence-corrected chi connectivity index (χ3v) is 8.72. The Bertz CT molecular complexity index is 1500. The van der Waals surface area contributed by atoms with Crippen LogP contribution in [0, 0.1) is 5.82 Å². The van der Waals surface area contributed by atoms with Gasteiger partial charge in [0.2, 0.25) is 0 Å². The number of halogens is 8. The highest BCUT2D eigenvalue weighted by molar-refractivity contribution is 7.92. The molecule has 0 unspecified atom stereocenters. The molecule has 2 aromatic carbocycles. The lowest BCUT2D eigenvalue weighted by molar-refractivity contribution is -0.143. The minimum atomic E-state index is -4.96. The number of aromatic nitrogens is 2. The lowest BCUT2D eigenvalue weighted by atomic mass is 9.77. The third kappa shape index (κ3) is 7.24. The van der Waals surface area contributed by atoms with Crippen molar-refractivity contribution in [1.29, 1.82) is 0 Å². The first-order valence-electron chi connectivity index (χ1n) is 12.5. The van der Waals surface area contributed by atoms with Crippen LogP contribution in [0.4, 0.5) is 42.2 Å². The van der Waals surface area contributed by atoms with Crippen molar-refractivity contribution in [2.24, 2.45) is 0 Å². The predicted octanol–water partition coefficient (Wildman–Crippen LogP) is 6.79. The zero-order chi connectivity index (χ0) is 31.0. The van der Waals surface area contributed by atoms with E-state index in [4.69, 9.17) is 11.6 Å². The fourth-order valence-electron chi connectivity index (χ4n) is 4.99. The second-order valence-corrected chi connectivity index (χ2v) is 12.2. The average molecular weight is 640 g/mol. The first-order valence-corrected chi connectivity index (χ1v) is 14.3. The molecule has 3 atom stereocenters. The molecule has 1 aliphatic carbocycles. The molecule has 42 heavy (non-hydrogen) atoms. The molecule has 1 saturated carbocycles. The molecule has 0 bridgehead atoms. The lowest BCUT2D eigenvalue weighted by Crippen LogP contribution is -2.47. The van der Waals surface area contributed by atoms with Crippen molar-refractivity contribution >= 4 is 33.1 Å². The number of nitrogens with one attached hydrogen (secondary N) is 2. The van der Waals surface area contributed by atoms with Gasteiger partial charge < -0.3 is 10.2 Å². The van der Waals surface area contributed by atoms with Gasteiger partial charge in [-0.15, -0.1) is 0 Å². The van der Waals surface area contributed by atoms with Gasteiger partial charge in [0, 0.05) is 18.3 Å². The van der Waals surface area contributed by atoms with Crippen molar-refractivity contribution in [1.82, 2.24) is 14.9 Å².